The van der Waals surface area contributed by atoms with Crippen LogP contribution in [0.2, 0.25) is 0 Å². The lowest BCUT2D eigenvalue weighted by Gasteiger charge is -2.18. The van der Waals surface area contributed by atoms with Crippen LogP contribution in [0.1, 0.15) is 24.5 Å². The van der Waals surface area contributed by atoms with E-state index in [4.69, 9.17) is 9.47 Å². The van der Waals surface area contributed by atoms with Crippen molar-refractivity contribution in [3.8, 4) is 11.5 Å². The zero-order valence-corrected chi connectivity index (χ0v) is 16.7. The first-order valence-corrected chi connectivity index (χ1v) is 9.69. The van der Waals surface area contributed by atoms with Crippen molar-refractivity contribution in [1.82, 2.24) is 5.32 Å². The molecule has 4 heteroatoms. The Hall–Kier alpha value is -3.01. The van der Waals surface area contributed by atoms with Gasteiger partial charge in [0.05, 0.1) is 6.54 Å². The second-order valence-corrected chi connectivity index (χ2v) is 6.99. The molecule has 0 fully saturated rings. The highest BCUT2D eigenvalue weighted by Gasteiger charge is 2.18. The van der Waals surface area contributed by atoms with Gasteiger partial charge in [0.1, 0.15) is 18.1 Å². The van der Waals surface area contributed by atoms with Crippen molar-refractivity contribution in [2.24, 2.45) is 0 Å². The van der Waals surface area contributed by atoms with Crippen LogP contribution < -0.4 is 14.8 Å². The molecule has 0 heterocycles. The third-order valence-electron chi connectivity index (χ3n) is 4.53. The molecule has 1 atom stereocenters. The molecule has 0 aromatic heterocycles. The maximum absolute atomic E-state index is 12.4. The van der Waals surface area contributed by atoms with Gasteiger partial charge in [-0.25, -0.2) is 0 Å². The van der Waals surface area contributed by atoms with Crippen LogP contribution in [0.4, 0.5) is 0 Å². The Labute approximate surface area is 166 Å². The van der Waals surface area contributed by atoms with E-state index in [9.17, 15) is 4.79 Å². The van der Waals surface area contributed by atoms with Crippen molar-refractivity contribution < 1.29 is 14.3 Å². The summed E-state index contributed by atoms with van der Waals surface area (Å²) in [7, 11) is 0. The third-order valence-corrected chi connectivity index (χ3v) is 4.53. The van der Waals surface area contributed by atoms with Gasteiger partial charge in [-0.2, -0.15) is 0 Å². The van der Waals surface area contributed by atoms with Crippen LogP contribution in [0.3, 0.4) is 0 Å². The highest BCUT2D eigenvalue weighted by Crippen LogP contribution is 2.20. The SMILES string of the molecule is CC[C@H](Oc1cc(C)cc(C)c1)C(=O)NCCOc1ccc2ccccc2c1. The maximum Gasteiger partial charge on any atom is 0.261 e. The Morgan fingerprint density at radius 3 is 2.36 bits per heavy atom. The summed E-state index contributed by atoms with van der Waals surface area (Å²) in [5, 5.41) is 5.22. The predicted molar refractivity (Wildman–Crippen MR) is 113 cm³/mol. The number of carbonyl (C=O) groups excluding carboxylic acids is 1. The van der Waals surface area contributed by atoms with E-state index in [2.05, 4.69) is 23.5 Å². The molecular weight excluding hydrogens is 350 g/mol. The first-order chi connectivity index (χ1) is 13.5. The molecule has 0 bridgehead atoms. The number of aryl methyl sites for hydroxylation is 2. The topological polar surface area (TPSA) is 47.6 Å². The van der Waals surface area contributed by atoms with Crippen LogP contribution in [-0.2, 0) is 4.79 Å². The van der Waals surface area contributed by atoms with Gasteiger partial charge in [0.15, 0.2) is 6.10 Å². The van der Waals surface area contributed by atoms with Crippen LogP contribution in [-0.4, -0.2) is 25.2 Å². The van der Waals surface area contributed by atoms with Crippen LogP contribution in [0, 0.1) is 13.8 Å². The van der Waals surface area contributed by atoms with Crippen LogP contribution in [0.5, 0.6) is 11.5 Å². The minimum absolute atomic E-state index is 0.122. The number of fused-ring (bicyclic) bond motifs is 1. The van der Waals surface area contributed by atoms with Crippen LogP contribution in [0.25, 0.3) is 10.8 Å². The minimum Gasteiger partial charge on any atom is -0.492 e. The molecule has 0 saturated heterocycles. The molecule has 0 radical (unpaired) electrons. The van der Waals surface area contributed by atoms with Crippen LogP contribution >= 0.6 is 0 Å². The molecular formula is C24H27NO3. The summed E-state index contributed by atoms with van der Waals surface area (Å²) in [4.78, 5) is 12.4. The molecule has 0 saturated carbocycles. The minimum atomic E-state index is -0.512. The van der Waals surface area contributed by atoms with Gasteiger partial charge < -0.3 is 14.8 Å². The van der Waals surface area contributed by atoms with E-state index in [0.29, 0.717) is 19.6 Å². The number of benzene rings is 3. The molecule has 0 aliphatic heterocycles. The molecule has 0 spiro atoms. The summed E-state index contributed by atoms with van der Waals surface area (Å²) in [5.74, 6) is 1.40. The van der Waals surface area contributed by atoms with Gasteiger partial charge in [0.2, 0.25) is 0 Å². The maximum atomic E-state index is 12.4. The van der Waals surface area contributed by atoms with Gasteiger partial charge in [0, 0.05) is 0 Å². The fourth-order valence-corrected chi connectivity index (χ4v) is 3.20. The second-order valence-electron chi connectivity index (χ2n) is 6.99. The highest BCUT2D eigenvalue weighted by molar-refractivity contribution is 5.83. The van der Waals surface area contributed by atoms with E-state index in [1.54, 1.807) is 0 Å². The standard InChI is InChI=1S/C24H27NO3/c1-4-23(28-22-14-17(2)13-18(3)15-22)24(26)25-11-12-27-21-10-9-19-7-5-6-8-20(19)16-21/h5-10,13-16,23H,4,11-12H2,1-3H3,(H,25,26)/t23-/m0/s1. The summed E-state index contributed by atoms with van der Waals surface area (Å²) in [6, 6.07) is 20.1. The Kier molecular flexibility index (Phi) is 6.53. The van der Waals surface area contributed by atoms with Gasteiger partial charge in [-0.3, -0.25) is 4.79 Å². The van der Waals surface area contributed by atoms with Crippen molar-refractivity contribution in [2.45, 2.75) is 33.3 Å². The first-order valence-electron chi connectivity index (χ1n) is 9.69. The molecule has 0 aliphatic carbocycles. The van der Waals surface area contributed by atoms with Crippen molar-refractivity contribution >= 4 is 16.7 Å². The van der Waals surface area contributed by atoms with E-state index < -0.39 is 6.10 Å². The smallest absolute Gasteiger partial charge is 0.261 e. The molecule has 0 unspecified atom stereocenters. The van der Waals surface area contributed by atoms with Crippen molar-refractivity contribution in [1.29, 1.82) is 0 Å². The third kappa shape index (κ3) is 5.26. The normalized spacial score (nSPS) is 11.8. The molecule has 146 valence electrons. The molecule has 3 aromatic rings. The fraction of sp³-hybridized carbons (Fsp3) is 0.292. The number of hydrogen-bond acceptors (Lipinski definition) is 3. The number of ether oxygens (including phenoxy) is 2. The van der Waals surface area contributed by atoms with Crippen molar-refractivity contribution in [2.75, 3.05) is 13.2 Å². The van der Waals surface area contributed by atoms with Crippen molar-refractivity contribution in [3.05, 3.63) is 71.8 Å². The van der Waals surface area contributed by atoms with E-state index in [1.165, 1.54) is 5.39 Å². The summed E-state index contributed by atoms with van der Waals surface area (Å²) in [5.41, 5.74) is 2.24. The number of carbonyl (C=O) groups is 1. The summed E-state index contributed by atoms with van der Waals surface area (Å²) in [6.07, 6.45) is 0.0894. The van der Waals surface area contributed by atoms with E-state index in [0.717, 1.165) is 28.0 Å². The number of hydrogen-bond donors (Lipinski definition) is 1. The van der Waals surface area contributed by atoms with Crippen LogP contribution in [0.15, 0.2) is 60.7 Å². The Morgan fingerprint density at radius 2 is 1.64 bits per heavy atom. The average Bonchev–Trinajstić information content (AvgIpc) is 2.68. The Morgan fingerprint density at radius 1 is 0.929 bits per heavy atom. The Balaban J connectivity index is 1.49. The van der Waals surface area contributed by atoms with E-state index >= 15 is 0 Å². The predicted octanol–water partition coefficient (Wildman–Crippen LogP) is 4.81. The first kappa shape index (κ1) is 19.7. The molecule has 1 amide bonds. The lowest BCUT2D eigenvalue weighted by atomic mass is 10.1. The number of nitrogens with one attached hydrogen (secondary N) is 1. The lowest BCUT2D eigenvalue weighted by Crippen LogP contribution is -2.39. The molecule has 4 nitrogen and oxygen atoms in total. The molecule has 3 aromatic carbocycles. The number of amides is 1. The molecule has 3 rings (SSSR count). The van der Waals surface area contributed by atoms with E-state index in [-0.39, 0.29) is 5.91 Å². The van der Waals surface area contributed by atoms with Gasteiger partial charge >= 0.3 is 0 Å². The lowest BCUT2D eigenvalue weighted by molar-refractivity contribution is -0.128. The van der Waals surface area contributed by atoms with Crippen molar-refractivity contribution in [3.63, 3.8) is 0 Å². The zero-order chi connectivity index (χ0) is 19.9. The van der Waals surface area contributed by atoms with Gasteiger partial charge in [-0.15, -0.1) is 0 Å². The fourth-order valence-electron chi connectivity index (χ4n) is 3.20. The van der Waals surface area contributed by atoms with Gasteiger partial charge in [-0.1, -0.05) is 43.3 Å². The van der Waals surface area contributed by atoms with Gasteiger partial charge in [0.25, 0.3) is 5.91 Å². The summed E-state index contributed by atoms with van der Waals surface area (Å²) < 4.78 is 11.7. The largest absolute Gasteiger partial charge is 0.492 e. The Bertz CT molecular complexity index is 931. The second kappa shape index (κ2) is 9.27. The van der Waals surface area contributed by atoms with E-state index in [1.807, 2.05) is 63.2 Å². The monoisotopic (exact) mass is 377 g/mol. The number of rotatable bonds is 8. The molecule has 28 heavy (non-hydrogen) atoms. The van der Waals surface area contributed by atoms with Gasteiger partial charge in [-0.05, 0) is 66.4 Å². The molecule has 0 aliphatic rings. The average molecular weight is 377 g/mol. The molecule has 1 N–H and O–H groups in total. The quantitative estimate of drug-likeness (QED) is 0.573. The summed E-state index contributed by atoms with van der Waals surface area (Å²) >= 11 is 0. The zero-order valence-electron chi connectivity index (χ0n) is 16.7. The summed E-state index contributed by atoms with van der Waals surface area (Å²) in [6.45, 7) is 6.82. The highest BCUT2D eigenvalue weighted by atomic mass is 16.5.